The maximum absolute atomic E-state index is 14.4. The molecule has 0 amide bonds. The van der Waals surface area contributed by atoms with E-state index >= 15 is 0 Å². The average molecular weight is 603 g/mol. The number of alkyl halides is 6. The number of rotatable bonds is 11. The summed E-state index contributed by atoms with van der Waals surface area (Å²) in [5, 5.41) is 0. The molecule has 236 valence electrons. The number of hydrogen-bond acceptors (Lipinski definition) is 3. The van der Waals surface area contributed by atoms with Crippen LogP contribution in [0.3, 0.4) is 0 Å². The number of aryl methyl sites for hydroxylation is 2. The van der Waals surface area contributed by atoms with Gasteiger partial charge in [-0.2, -0.15) is 26.3 Å². The van der Waals surface area contributed by atoms with Gasteiger partial charge in [-0.1, -0.05) is 60.1 Å². The molecule has 0 saturated heterocycles. The van der Waals surface area contributed by atoms with Crippen molar-refractivity contribution in [3.05, 3.63) is 57.6 Å². The molecule has 2 aromatic rings. The summed E-state index contributed by atoms with van der Waals surface area (Å²) in [7, 11) is 0. The van der Waals surface area contributed by atoms with Gasteiger partial charge < -0.3 is 9.47 Å². The lowest BCUT2D eigenvalue weighted by Crippen LogP contribution is -2.33. The minimum atomic E-state index is -4.88. The van der Waals surface area contributed by atoms with Gasteiger partial charge >= 0.3 is 18.3 Å². The predicted octanol–water partition coefficient (Wildman–Crippen LogP) is 10.7. The summed E-state index contributed by atoms with van der Waals surface area (Å²) in [5.41, 5.74) is -4.58. The molecule has 0 aromatic heterocycles. The molecule has 0 bridgehead atoms. The molecule has 3 nitrogen and oxygen atoms in total. The fourth-order valence-electron chi connectivity index (χ4n) is 4.96. The van der Waals surface area contributed by atoms with E-state index in [2.05, 4.69) is 0 Å². The highest BCUT2D eigenvalue weighted by molar-refractivity contribution is 5.79. The molecule has 0 radical (unpaired) electrons. The third-order valence-corrected chi connectivity index (χ3v) is 8.73. The van der Waals surface area contributed by atoms with Gasteiger partial charge in [-0.3, -0.25) is 4.79 Å². The van der Waals surface area contributed by atoms with Crippen LogP contribution in [0, 0.1) is 19.3 Å². The fourth-order valence-corrected chi connectivity index (χ4v) is 4.96. The number of ether oxygens (including phenoxy) is 2. The van der Waals surface area contributed by atoms with E-state index in [1.54, 1.807) is 41.5 Å². The summed E-state index contributed by atoms with van der Waals surface area (Å²) in [6.45, 7) is 16.8. The Balaban J connectivity index is 2.76. The van der Waals surface area contributed by atoms with Crippen molar-refractivity contribution in [3.63, 3.8) is 0 Å². The van der Waals surface area contributed by atoms with Crippen molar-refractivity contribution in [2.45, 2.75) is 125 Å². The summed E-state index contributed by atoms with van der Waals surface area (Å²) in [5.74, 6) is -1.63. The normalized spacial score (nSPS) is 14.5. The van der Waals surface area contributed by atoms with Crippen LogP contribution >= 0.6 is 0 Å². The summed E-state index contributed by atoms with van der Waals surface area (Å²) in [6, 6.07) is 4.81. The topological polar surface area (TPSA) is 35.5 Å². The smallest absolute Gasteiger partial charge is 0.420 e. The molecule has 0 N–H and O–H groups in total. The maximum Gasteiger partial charge on any atom is 0.420 e. The molecule has 0 heterocycles. The van der Waals surface area contributed by atoms with Crippen LogP contribution in [-0.4, -0.2) is 11.6 Å². The van der Waals surface area contributed by atoms with E-state index < -0.39 is 51.6 Å². The molecular weight excluding hydrogens is 558 g/mol. The first-order valence-electron chi connectivity index (χ1n) is 14.5. The van der Waals surface area contributed by atoms with Crippen LogP contribution in [0.5, 0.6) is 11.5 Å². The van der Waals surface area contributed by atoms with Crippen molar-refractivity contribution >= 4 is 5.97 Å². The number of carbonyl (C=O) groups is 1. The molecule has 0 fully saturated rings. The second-order valence-corrected chi connectivity index (χ2v) is 12.3. The molecule has 1 atom stereocenters. The van der Waals surface area contributed by atoms with Gasteiger partial charge in [0.05, 0.1) is 16.5 Å². The fraction of sp³-hybridized carbons (Fsp3) is 0.606. The zero-order valence-corrected chi connectivity index (χ0v) is 26.3. The lowest BCUT2D eigenvalue weighted by Gasteiger charge is -2.34. The molecule has 2 rings (SSSR count). The van der Waals surface area contributed by atoms with Gasteiger partial charge in [-0.05, 0) is 87.8 Å². The van der Waals surface area contributed by atoms with Crippen molar-refractivity contribution in [1.29, 1.82) is 0 Å². The molecular formula is C33H44F6O3. The number of hydrogen-bond donors (Lipinski definition) is 0. The first-order chi connectivity index (χ1) is 19.1. The van der Waals surface area contributed by atoms with E-state index in [1.165, 1.54) is 26.0 Å². The predicted molar refractivity (Wildman–Crippen MR) is 153 cm³/mol. The molecule has 1 unspecified atom stereocenters. The Hall–Kier alpha value is -2.71. The van der Waals surface area contributed by atoms with Crippen LogP contribution in [-0.2, 0) is 22.6 Å². The highest BCUT2D eigenvalue weighted by Gasteiger charge is 2.42. The molecule has 2 aromatic carbocycles. The molecule has 0 aliphatic rings. The molecule has 0 saturated carbocycles. The average Bonchev–Trinajstić information content (AvgIpc) is 2.88. The summed E-state index contributed by atoms with van der Waals surface area (Å²) < 4.78 is 97.6. The Morgan fingerprint density at radius 3 is 1.50 bits per heavy atom. The van der Waals surface area contributed by atoms with Gasteiger partial charge in [-0.15, -0.1) is 0 Å². The Morgan fingerprint density at radius 1 is 0.690 bits per heavy atom. The highest BCUT2D eigenvalue weighted by Crippen LogP contribution is 2.47. The van der Waals surface area contributed by atoms with E-state index in [9.17, 15) is 31.1 Å². The van der Waals surface area contributed by atoms with Crippen LogP contribution < -0.4 is 9.47 Å². The third kappa shape index (κ3) is 7.43. The van der Waals surface area contributed by atoms with Crippen LogP contribution in [0.4, 0.5) is 26.3 Å². The molecule has 0 spiro atoms. The first kappa shape index (κ1) is 35.5. The quantitative estimate of drug-likeness (QED) is 0.146. The second-order valence-electron chi connectivity index (χ2n) is 12.3. The molecule has 9 heteroatoms. The monoisotopic (exact) mass is 602 g/mol. The Morgan fingerprint density at radius 2 is 1.12 bits per heavy atom. The molecule has 0 aliphatic carbocycles. The van der Waals surface area contributed by atoms with E-state index in [4.69, 9.17) is 9.47 Å². The van der Waals surface area contributed by atoms with Gasteiger partial charge in [-0.25, -0.2) is 0 Å². The Labute approximate surface area is 246 Å². The first-order valence-corrected chi connectivity index (χ1v) is 14.5. The Kier molecular flexibility index (Phi) is 10.6. The van der Waals surface area contributed by atoms with E-state index in [0.717, 1.165) is 18.6 Å². The SMILES string of the molecule is CCCC(C)(CC)Oc1c(C)cc(C(C)(C)c2cc(C)c(OC(=O)C(C)(CC)CC)c(C(F)(F)F)c2)cc1C(F)(F)F. The minimum Gasteiger partial charge on any atom is -0.487 e. The lowest BCUT2D eigenvalue weighted by molar-refractivity contribution is -0.149. The van der Waals surface area contributed by atoms with Gasteiger partial charge in [0.2, 0.25) is 0 Å². The lowest BCUT2D eigenvalue weighted by atomic mass is 9.75. The summed E-state index contributed by atoms with van der Waals surface area (Å²) >= 11 is 0. The summed E-state index contributed by atoms with van der Waals surface area (Å²) in [6.07, 6.45) is -7.11. The van der Waals surface area contributed by atoms with Gasteiger partial charge in [0, 0.05) is 5.41 Å². The number of carbonyl (C=O) groups excluding carboxylic acids is 1. The minimum absolute atomic E-state index is 0.0572. The van der Waals surface area contributed by atoms with E-state index in [1.807, 2.05) is 13.8 Å². The zero-order valence-electron chi connectivity index (χ0n) is 26.3. The Bertz CT molecular complexity index is 1270. The van der Waals surface area contributed by atoms with Crippen LogP contribution in [0.1, 0.15) is 121 Å². The van der Waals surface area contributed by atoms with Crippen molar-refractivity contribution < 1.29 is 40.6 Å². The molecule has 42 heavy (non-hydrogen) atoms. The maximum atomic E-state index is 14.4. The zero-order chi connectivity index (χ0) is 32.5. The van der Waals surface area contributed by atoms with Crippen molar-refractivity contribution in [3.8, 4) is 11.5 Å². The second kappa shape index (κ2) is 12.5. The van der Waals surface area contributed by atoms with E-state index in [0.29, 0.717) is 25.7 Å². The van der Waals surface area contributed by atoms with Gasteiger partial charge in [0.1, 0.15) is 17.1 Å². The summed E-state index contributed by atoms with van der Waals surface area (Å²) in [4.78, 5) is 12.9. The molecule has 0 aliphatic heterocycles. The van der Waals surface area contributed by atoms with Crippen LogP contribution in [0.25, 0.3) is 0 Å². The van der Waals surface area contributed by atoms with Crippen molar-refractivity contribution in [2.75, 3.05) is 0 Å². The standard InChI is InChI=1S/C33H44F6O3/c1-11-15-31(10,14-4)42-27-21(6)17-23(19-25(27)33(37,38)39)29(7,8)22-16-20(5)26(24(18-22)32(34,35)36)41-28(40)30(9,12-2)13-3/h16-19H,11-15H2,1-10H3. The highest BCUT2D eigenvalue weighted by atomic mass is 19.4. The van der Waals surface area contributed by atoms with Gasteiger partial charge in [0.25, 0.3) is 0 Å². The largest absolute Gasteiger partial charge is 0.487 e. The number of halogens is 6. The van der Waals surface area contributed by atoms with Gasteiger partial charge in [0.15, 0.2) is 0 Å². The third-order valence-electron chi connectivity index (χ3n) is 8.73. The van der Waals surface area contributed by atoms with Crippen molar-refractivity contribution in [1.82, 2.24) is 0 Å². The van der Waals surface area contributed by atoms with E-state index in [-0.39, 0.29) is 28.0 Å². The number of benzene rings is 2. The van der Waals surface area contributed by atoms with Crippen molar-refractivity contribution in [2.24, 2.45) is 5.41 Å². The number of esters is 1. The van der Waals surface area contributed by atoms with Crippen LogP contribution in [0.15, 0.2) is 24.3 Å². The van der Waals surface area contributed by atoms with Crippen LogP contribution in [0.2, 0.25) is 0 Å².